The molecule has 0 aromatic carbocycles. The van der Waals surface area contributed by atoms with E-state index in [2.05, 4.69) is 15.2 Å². The van der Waals surface area contributed by atoms with E-state index in [9.17, 15) is 4.79 Å². The fraction of sp³-hybridized carbons (Fsp3) is 0.111. The number of rotatable bonds is 3. The quantitative estimate of drug-likeness (QED) is 0.717. The number of aromatic nitrogens is 4. The van der Waals surface area contributed by atoms with E-state index in [1.807, 2.05) is 16.8 Å². The van der Waals surface area contributed by atoms with Crippen molar-refractivity contribution in [3.05, 3.63) is 37.8 Å². The number of hydrogen-bond acceptors (Lipinski definition) is 7. The molecule has 0 aliphatic heterocycles. The van der Waals surface area contributed by atoms with Gasteiger partial charge in [0.15, 0.2) is 5.82 Å². The van der Waals surface area contributed by atoms with E-state index in [1.165, 1.54) is 10.2 Å². The fourth-order valence-corrected chi connectivity index (χ4v) is 2.41. The molecule has 3 aromatic heterocycles. The third kappa shape index (κ3) is 2.04. The van der Waals surface area contributed by atoms with Gasteiger partial charge in [-0.2, -0.15) is 21.4 Å². The second kappa shape index (κ2) is 4.22. The van der Waals surface area contributed by atoms with Crippen molar-refractivity contribution in [2.75, 3.05) is 0 Å². The van der Waals surface area contributed by atoms with Crippen molar-refractivity contribution in [3.63, 3.8) is 0 Å². The Morgan fingerprint density at radius 2 is 2.41 bits per heavy atom. The van der Waals surface area contributed by atoms with Gasteiger partial charge in [0, 0.05) is 5.38 Å². The molecule has 0 saturated heterocycles. The Morgan fingerprint density at radius 3 is 3.12 bits per heavy atom. The summed E-state index contributed by atoms with van der Waals surface area (Å²) in [5, 5.41) is 11.6. The van der Waals surface area contributed by atoms with Gasteiger partial charge in [0.1, 0.15) is 12.1 Å². The van der Waals surface area contributed by atoms with Gasteiger partial charge in [-0.25, -0.2) is 4.68 Å². The molecule has 6 nitrogen and oxygen atoms in total. The highest BCUT2D eigenvalue weighted by Crippen LogP contribution is 2.19. The summed E-state index contributed by atoms with van der Waals surface area (Å²) in [6, 6.07) is 1.90. The predicted octanol–water partition coefficient (Wildman–Crippen LogP) is 1.46. The minimum Gasteiger partial charge on any atom is -0.334 e. The molecule has 8 heteroatoms. The third-order valence-electron chi connectivity index (χ3n) is 2.08. The van der Waals surface area contributed by atoms with E-state index < -0.39 is 0 Å². The zero-order chi connectivity index (χ0) is 11.7. The maximum absolute atomic E-state index is 11.3. The zero-order valence-corrected chi connectivity index (χ0v) is 10.1. The van der Waals surface area contributed by atoms with E-state index in [0.29, 0.717) is 11.7 Å². The molecule has 0 unspecified atom stereocenters. The Labute approximate surface area is 103 Å². The van der Waals surface area contributed by atoms with Crippen molar-refractivity contribution in [3.8, 4) is 11.5 Å². The van der Waals surface area contributed by atoms with Gasteiger partial charge in [-0.1, -0.05) is 16.5 Å². The molecule has 3 rings (SSSR count). The molecule has 0 N–H and O–H groups in total. The normalized spacial score (nSPS) is 10.8. The van der Waals surface area contributed by atoms with Gasteiger partial charge in [0.05, 0.1) is 5.56 Å². The van der Waals surface area contributed by atoms with Crippen molar-refractivity contribution >= 4 is 22.7 Å². The summed E-state index contributed by atoms with van der Waals surface area (Å²) in [6.07, 6.45) is 0. The minimum atomic E-state index is -0.133. The SMILES string of the molecule is O=c1scnn1Cc1noc(-c2ccsc2)n1. The smallest absolute Gasteiger partial charge is 0.325 e. The van der Waals surface area contributed by atoms with Gasteiger partial charge < -0.3 is 4.52 Å². The molecule has 0 amide bonds. The summed E-state index contributed by atoms with van der Waals surface area (Å²) < 4.78 is 6.40. The Bertz CT molecular complexity index is 667. The highest BCUT2D eigenvalue weighted by atomic mass is 32.1. The molecule has 0 radical (unpaired) electrons. The van der Waals surface area contributed by atoms with Crippen LogP contribution in [0.4, 0.5) is 0 Å². The lowest BCUT2D eigenvalue weighted by Gasteiger charge is -1.91. The lowest BCUT2D eigenvalue weighted by molar-refractivity contribution is 0.418. The molecular weight excluding hydrogens is 260 g/mol. The molecule has 0 bridgehead atoms. The standard InChI is InChI=1S/C9H6N4O2S2/c14-9-13(10-5-17-9)3-7-11-8(15-12-7)6-1-2-16-4-6/h1-2,4-5H,3H2. The van der Waals surface area contributed by atoms with Crippen LogP contribution < -0.4 is 4.87 Å². The topological polar surface area (TPSA) is 73.8 Å². The second-order valence-corrected chi connectivity index (χ2v) is 4.77. The number of hydrogen-bond donors (Lipinski definition) is 0. The third-order valence-corrected chi connectivity index (χ3v) is 3.37. The highest BCUT2D eigenvalue weighted by Gasteiger charge is 2.10. The maximum Gasteiger partial charge on any atom is 0.325 e. The van der Waals surface area contributed by atoms with Crippen molar-refractivity contribution in [2.24, 2.45) is 0 Å². The number of thiophene rings is 1. The summed E-state index contributed by atoms with van der Waals surface area (Å²) in [6.45, 7) is 0.232. The first-order valence-corrected chi connectivity index (χ1v) is 6.51. The van der Waals surface area contributed by atoms with Crippen molar-refractivity contribution < 1.29 is 4.52 Å². The molecule has 3 heterocycles. The Morgan fingerprint density at radius 1 is 1.47 bits per heavy atom. The monoisotopic (exact) mass is 266 g/mol. The van der Waals surface area contributed by atoms with Crippen LogP contribution in [0.15, 0.2) is 31.7 Å². The van der Waals surface area contributed by atoms with Gasteiger partial charge in [-0.15, -0.1) is 0 Å². The average Bonchev–Trinajstić information content (AvgIpc) is 3.02. The van der Waals surface area contributed by atoms with Crippen LogP contribution >= 0.6 is 22.7 Å². The van der Waals surface area contributed by atoms with Crippen LogP contribution in [-0.2, 0) is 6.54 Å². The Balaban J connectivity index is 1.86. The lowest BCUT2D eigenvalue weighted by atomic mass is 10.3. The molecule has 0 aliphatic carbocycles. The van der Waals surface area contributed by atoms with E-state index in [4.69, 9.17) is 4.52 Å². The van der Waals surface area contributed by atoms with Crippen LogP contribution in [0.25, 0.3) is 11.5 Å². The van der Waals surface area contributed by atoms with Gasteiger partial charge >= 0.3 is 4.87 Å². The minimum absolute atomic E-state index is 0.133. The van der Waals surface area contributed by atoms with Crippen molar-refractivity contribution in [2.45, 2.75) is 6.54 Å². The fourth-order valence-electron chi connectivity index (χ4n) is 1.29. The van der Waals surface area contributed by atoms with Gasteiger partial charge in [-0.3, -0.25) is 4.79 Å². The van der Waals surface area contributed by atoms with Crippen LogP contribution in [0.2, 0.25) is 0 Å². The molecule has 3 aromatic rings. The van der Waals surface area contributed by atoms with E-state index in [0.717, 1.165) is 16.9 Å². The molecule has 0 fully saturated rings. The van der Waals surface area contributed by atoms with Gasteiger partial charge in [0.2, 0.25) is 0 Å². The van der Waals surface area contributed by atoms with Crippen LogP contribution in [0.3, 0.4) is 0 Å². The highest BCUT2D eigenvalue weighted by molar-refractivity contribution is 7.08. The van der Waals surface area contributed by atoms with Crippen LogP contribution in [0, 0.1) is 0 Å². The summed E-state index contributed by atoms with van der Waals surface area (Å²) in [5.74, 6) is 0.906. The predicted molar refractivity (Wildman–Crippen MR) is 63.1 cm³/mol. The number of nitrogens with zero attached hydrogens (tertiary/aromatic N) is 4. The summed E-state index contributed by atoms with van der Waals surface area (Å²) >= 11 is 2.60. The first-order chi connectivity index (χ1) is 8.33. The first-order valence-electron chi connectivity index (χ1n) is 4.69. The summed E-state index contributed by atoms with van der Waals surface area (Å²) in [4.78, 5) is 15.4. The largest absolute Gasteiger partial charge is 0.334 e. The molecular formula is C9H6N4O2S2. The molecule has 86 valence electrons. The molecule has 17 heavy (non-hydrogen) atoms. The zero-order valence-electron chi connectivity index (χ0n) is 8.44. The summed E-state index contributed by atoms with van der Waals surface area (Å²) in [7, 11) is 0. The summed E-state index contributed by atoms with van der Waals surface area (Å²) in [5.41, 5.74) is 2.38. The Kier molecular flexibility index (Phi) is 2.57. The van der Waals surface area contributed by atoms with Crippen LogP contribution in [-0.4, -0.2) is 19.9 Å². The van der Waals surface area contributed by atoms with Gasteiger partial charge in [-0.05, 0) is 11.4 Å². The van der Waals surface area contributed by atoms with E-state index >= 15 is 0 Å². The molecule has 0 aliphatic rings. The lowest BCUT2D eigenvalue weighted by Crippen LogP contribution is -2.16. The first kappa shape index (κ1) is 10.4. The Hall–Kier alpha value is -1.80. The van der Waals surface area contributed by atoms with E-state index in [-0.39, 0.29) is 11.4 Å². The molecule has 0 saturated carbocycles. The van der Waals surface area contributed by atoms with Crippen LogP contribution in [0.5, 0.6) is 0 Å². The average molecular weight is 266 g/mol. The maximum atomic E-state index is 11.3. The molecule has 0 atom stereocenters. The second-order valence-electron chi connectivity index (χ2n) is 3.19. The van der Waals surface area contributed by atoms with Crippen molar-refractivity contribution in [1.82, 2.24) is 19.9 Å². The van der Waals surface area contributed by atoms with Gasteiger partial charge in [0.25, 0.3) is 5.89 Å². The van der Waals surface area contributed by atoms with Crippen LogP contribution in [0.1, 0.15) is 5.82 Å². The molecule has 0 spiro atoms. The van der Waals surface area contributed by atoms with Crippen molar-refractivity contribution in [1.29, 1.82) is 0 Å². The van der Waals surface area contributed by atoms with E-state index in [1.54, 1.807) is 11.3 Å².